The molecule has 1 aromatic heterocycles. The quantitative estimate of drug-likeness (QED) is 0.558. The molecule has 0 saturated carbocycles. The Bertz CT molecular complexity index is 649. The molecule has 150 valence electrons. The van der Waals surface area contributed by atoms with Crippen LogP contribution in [0.5, 0.6) is 0 Å². The minimum absolute atomic E-state index is 0.0458. The van der Waals surface area contributed by atoms with Gasteiger partial charge in [-0.1, -0.05) is 11.8 Å². The van der Waals surface area contributed by atoms with Gasteiger partial charge in [0, 0.05) is 50.0 Å². The molecule has 1 saturated heterocycles. The van der Waals surface area contributed by atoms with Crippen LogP contribution >= 0.6 is 11.8 Å². The molecule has 0 unspecified atom stereocenters. The lowest BCUT2D eigenvalue weighted by atomic mass is 10.1. The molecular weight excluding hydrogens is 362 g/mol. The molecule has 0 aliphatic carbocycles. The standard InChI is InChI=1S/C19H31N5O2S/c1-13(2)20-17(25)12-23-8-10-24(11-9-23)18(26)7-6-16-14(3)21-19(27-5)22-15(16)4/h13H,6-12H2,1-5H3,(H,20,25). The van der Waals surface area contributed by atoms with E-state index in [9.17, 15) is 9.59 Å². The van der Waals surface area contributed by atoms with Crippen molar-refractivity contribution in [3.8, 4) is 0 Å². The van der Waals surface area contributed by atoms with Crippen molar-refractivity contribution < 1.29 is 9.59 Å². The van der Waals surface area contributed by atoms with Crippen LogP contribution in [0.2, 0.25) is 0 Å². The van der Waals surface area contributed by atoms with Gasteiger partial charge >= 0.3 is 0 Å². The zero-order chi connectivity index (χ0) is 20.0. The Labute approximate surface area is 166 Å². The van der Waals surface area contributed by atoms with E-state index in [0.29, 0.717) is 32.5 Å². The second-order valence-electron chi connectivity index (χ2n) is 7.24. The van der Waals surface area contributed by atoms with E-state index in [1.165, 1.54) is 11.8 Å². The number of aryl methyl sites for hydroxylation is 2. The van der Waals surface area contributed by atoms with E-state index < -0.39 is 0 Å². The number of carbonyl (C=O) groups excluding carboxylic acids is 2. The Balaban J connectivity index is 1.81. The molecule has 0 atom stereocenters. The SMILES string of the molecule is CSc1nc(C)c(CCC(=O)N2CCN(CC(=O)NC(C)C)CC2)c(C)n1. The average molecular weight is 394 g/mol. The maximum absolute atomic E-state index is 12.6. The number of thioether (sulfide) groups is 1. The number of rotatable bonds is 7. The average Bonchev–Trinajstić information content (AvgIpc) is 2.60. The second kappa shape index (κ2) is 10.0. The maximum atomic E-state index is 12.6. The third kappa shape index (κ3) is 6.46. The van der Waals surface area contributed by atoms with Crippen LogP contribution in [0.15, 0.2) is 5.16 Å². The maximum Gasteiger partial charge on any atom is 0.234 e. The summed E-state index contributed by atoms with van der Waals surface area (Å²) in [5, 5.41) is 3.68. The summed E-state index contributed by atoms with van der Waals surface area (Å²) in [7, 11) is 0. The lowest BCUT2D eigenvalue weighted by Crippen LogP contribution is -2.51. The first-order valence-electron chi connectivity index (χ1n) is 9.47. The van der Waals surface area contributed by atoms with Crippen LogP contribution in [0.3, 0.4) is 0 Å². The predicted molar refractivity (Wildman–Crippen MR) is 108 cm³/mol. The lowest BCUT2D eigenvalue weighted by Gasteiger charge is -2.34. The summed E-state index contributed by atoms with van der Waals surface area (Å²) in [6.45, 7) is 11.1. The molecule has 0 radical (unpaired) electrons. The van der Waals surface area contributed by atoms with E-state index in [-0.39, 0.29) is 17.9 Å². The van der Waals surface area contributed by atoms with E-state index in [2.05, 4.69) is 20.2 Å². The summed E-state index contributed by atoms with van der Waals surface area (Å²) in [6.07, 6.45) is 3.10. The van der Waals surface area contributed by atoms with Crippen molar-refractivity contribution in [3.05, 3.63) is 17.0 Å². The Kier molecular flexibility index (Phi) is 8.04. The van der Waals surface area contributed by atoms with E-state index in [1.807, 2.05) is 38.9 Å². The van der Waals surface area contributed by atoms with Gasteiger partial charge in [-0.25, -0.2) is 9.97 Å². The van der Waals surface area contributed by atoms with Gasteiger partial charge in [-0.05, 0) is 45.9 Å². The summed E-state index contributed by atoms with van der Waals surface area (Å²) in [6, 6.07) is 0.154. The molecule has 0 spiro atoms. The number of piperazine rings is 1. The highest BCUT2D eigenvalue weighted by Crippen LogP contribution is 2.17. The first-order valence-corrected chi connectivity index (χ1v) is 10.7. The topological polar surface area (TPSA) is 78.4 Å². The molecule has 1 N–H and O–H groups in total. The number of aromatic nitrogens is 2. The Morgan fingerprint density at radius 2 is 1.70 bits per heavy atom. The number of nitrogens with one attached hydrogen (secondary N) is 1. The van der Waals surface area contributed by atoms with E-state index in [1.54, 1.807) is 0 Å². The van der Waals surface area contributed by atoms with Crippen molar-refractivity contribution in [1.29, 1.82) is 0 Å². The monoisotopic (exact) mass is 393 g/mol. The first kappa shape index (κ1) is 21.6. The number of hydrogen-bond donors (Lipinski definition) is 1. The highest BCUT2D eigenvalue weighted by Gasteiger charge is 2.22. The number of carbonyl (C=O) groups is 2. The molecule has 2 amide bonds. The molecule has 27 heavy (non-hydrogen) atoms. The van der Waals surface area contributed by atoms with Crippen molar-refractivity contribution in [2.75, 3.05) is 39.0 Å². The van der Waals surface area contributed by atoms with Gasteiger partial charge in [0.1, 0.15) is 0 Å². The van der Waals surface area contributed by atoms with Gasteiger partial charge in [0.2, 0.25) is 11.8 Å². The predicted octanol–water partition coefficient (Wildman–Crippen LogP) is 1.42. The normalized spacial score (nSPS) is 15.3. The molecule has 2 heterocycles. The minimum atomic E-state index is 0.0458. The molecule has 1 aliphatic heterocycles. The van der Waals surface area contributed by atoms with Crippen molar-refractivity contribution in [3.63, 3.8) is 0 Å². The van der Waals surface area contributed by atoms with Gasteiger partial charge in [0.15, 0.2) is 5.16 Å². The van der Waals surface area contributed by atoms with Crippen molar-refractivity contribution >= 4 is 23.6 Å². The molecule has 1 fully saturated rings. The summed E-state index contributed by atoms with van der Waals surface area (Å²) in [4.78, 5) is 37.4. The molecule has 1 aliphatic rings. The van der Waals surface area contributed by atoms with Crippen LogP contribution in [-0.4, -0.2) is 76.6 Å². The van der Waals surface area contributed by atoms with Gasteiger partial charge in [-0.2, -0.15) is 0 Å². The minimum Gasteiger partial charge on any atom is -0.353 e. The van der Waals surface area contributed by atoms with Gasteiger partial charge in [0.05, 0.1) is 6.54 Å². The fourth-order valence-electron chi connectivity index (χ4n) is 3.28. The zero-order valence-electron chi connectivity index (χ0n) is 17.0. The molecule has 8 heteroatoms. The highest BCUT2D eigenvalue weighted by atomic mass is 32.2. The largest absolute Gasteiger partial charge is 0.353 e. The van der Waals surface area contributed by atoms with E-state index >= 15 is 0 Å². The fourth-order valence-corrected chi connectivity index (χ4v) is 3.73. The molecular formula is C19H31N5O2S. The van der Waals surface area contributed by atoms with Crippen molar-refractivity contribution in [1.82, 2.24) is 25.1 Å². The molecule has 1 aromatic rings. The Morgan fingerprint density at radius 1 is 1.11 bits per heavy atom. The molecule has 7 nitrogen and oxygen atoms in total. The lowest BCUT2D eigenvalue weighted by molar-refractivity contribution is -0.133. The van der Waals surface area contributed by atoms with Gasteiger partial charge in [-0.15, -0.1) is 0 Å². The third-order valence-electron chi connectivity index (χ3n) is 4.71. The van der Waals surface area contributed by atoms with Gasteiger partial charge in [-0.3, -0.25) is 14.5 Å². The van der Waals surface area contributed by atoms with Crippen LogP contribution < -0.4 is 5.32 Å². The first-order chi connectivity index (χ1) is 12.8. The van der Waals surface area contributed by atoms with Gasteiger partial charge in [0.25, 0.3) is 0 Å². The number of nitrogens with zero attached hydrogens (tertiary/aromatic N) is 4. The van der Waals surface area contributed by atoms with Crippen molar-refractivity contribution in [2.45, 2.75) is 51.7 Å². The van der Waals surface area contributed by atoms with Crippen LogP contribution in [0.1, 0.15) is 37.2 Å². The Hall–Kier alpha value is -1.67. The second-order valence-corrected chi connectivity index (χ2v) is 8.01. The summed E-state index contributed by atoms with van der Waals surface area (Å²) >= 11 is 1.53. The third-order valence-corrected chi connectivity index (χ3v) is 5.26. The van der Waals surface area contributed by atoms with E-state index in [0.717, 1.165) is 35.2 Å². The smallest absolute Gasteiger partial charge is 0.234 e. The summed E-state index contributed by atoms with van der Waals surface area (Å²) in [5.41, 5.74) is 2.99. The molecule has 0 aromatic carbocycles. The molecule has 2 rings (SSSR count). The number of amides is 2. The number of hydrogen-bond acceptors (Lipinski definition) is 6. The zero-order valence-corrected chi connectivity index (χ0v) is 17.9. The van der Waals surface area contributed by atoms with Gasteiger partial charge < -0.3 is 10.2 Å². The van der Waals surface area contributed by atoms with Crippen LogP contribution in [-0.2, 0) is 16.0 Å². The fraction of sp³-hybridized carbons (Fsp3) is 0.684. The highest BCUT2D eigenvalue weighted by molar-refractivity contribution is 7.98. The van der Waals surface area contributed by atoms with E-state index in [4.69, 9.17) is 0 Å². The summed E-state index contributed by atoms with van der Waals surface area (Å²) in [5.74, 6) is 0.207. The Morgan fingerprint density at radius 3 is 2.22 bits per heavy atom. The van der Waals surface area contributed by atoms with Crippen molar-refractivity contribution in [2.24, 2.45) is 0 Å². The van der Waals surface area contributed by atoms with Crippen LogP contribution in [0.4, 0.5) is 0 Å². The molecule has 0 bridgehead atoms. The van der Waals surface area contributed by atoms with Crippen LogP contribution in [0, 0.1) is 13.8 Å². The summed E-state index contributed by atoms with van der Waals surface area (Å²) < 4.78 is 0. The van der Waals surface area contributed by atoms with Crippen LogP contribution in [0.25, 0.3) is 0 Å².